The fraction of sp³-hybridized carbons (Fsp3) is 0.714. The molecule has 9 heavy (non-hydrogen) atoms. The van der Waals surface area contributed by atoms with Crippen molar-refractivity contribution in [3.05, 3.63) is 0 Å². The molecule has 0 aromatic heterocycles. The molecule has 0 aliphatic heterocycles. The Morgan fingerprint density at radius 1 is 1.33 bits per heavy atom. The molecule has 1 rings (SSSR count). The van der Waals surface area contributed by atoms with Crippen LogP contribution in [0.3, 0.4) is 0 Å². The topological polar surface area (TPSA) is 40.5 Å². The maximum atomic E-state index is 7.62. The molecule has 0 amide bonds. The van der Waals surface area contributed by atoms with Gasteiger partial charge in [-0.25, -0.2) is 0 Å². The van der Waals surface area contributed by atoms with Crippen molar-refractivity contribution in [1.82, 2.24) is 0 Å². The number of hydrogen-bond donors (Lipinski definition) is 2. The molecule has 0 spiro atoms. The normalized spacial score (nSPS) is 15.2. The van der Waals surface area contributed by atoms with Crippen molar-refractivity contribution in [2.45, 2.75) is 12.8 Å². The van der Waals surface area contributed by atoms with E-state index >= 15 is 0 Å². The number of terminal acetylenes is 1. The van der Waals surface area contributed by atoms with E-state index in [1.54, 1.807) is 0 Å². The van der Waals surface area contributed by atoms with Crippen LogP contribution in [0.15, 0.2) is 0 Å². The van der Waals surface area contributed by atoms with E-state index in [-0.39, 0.29) is 13.2 Å². The second-order valence-electron chi connectivity index (χ2n) is 1.89. The summed E-state index contributed by atoms with van der Waals surface area (Å²) in [5.74, 6) is 3.30. The first-order chi connectivity index (χ1) is 4.35. The molecular formula is C7H12O2. The van der Waals surface area contributed by atoms with E-state index in [0.717, 1.165) is 0 Å². The van der Waals surface area contributed by atoms with Gasteiger partial charge < -0.3 is 10.2 Å². The molecule has 52 valence electrons. The zero-order valence-electron chi connectivity index (χ0n) is 5.38. The zero-order valence-corrected chi connectivity index (χ0v) is 5.38. The molecule has 0 bridgehead atoms. The van der Waals surface area contributed by atoms with Gasteiger partial charge in [0.2, 0.25) is 0 Å². The Hall–Kier alpha value is -0.520. The van der Waals surface area contributed by atoms with E-state index in [9.17, 15) is 0 Å². The van der Waals surface area contributed by atoms with Crippen LogP contribution in [0.1, 0.15) is 12.8 Å². The monoisotopic (exact) mass is 128 g/mol. The van der Waals surface area contributed by atoms with Crippen LogP contribution in [0.25, 0.3) is 0 Å². The van der Waals surface area contributed by atoms with Gasteiger partial charge in [-0.1, -0.05) is 0 Å². The lowest BCUT2D eigenvalue weighted by Crippen LogP contribution is -1.85. The van der Waals surface area contributed by atoms with Crippen LogP contribution in [-0.2, 0) is 0 Å². The molecule has 0 aromatic rings. The Kier molecular flexibility index (Phi) is 5.29. The third-order valence-electron chi connectivity index (χ3n) is 0.913. The van der Waals surface area contributed by atoms with E-state index in [2.05, 4.69) is 5.92 Å². The van der Waals surface area contributed by atoms with E-state index in [1.165, 1.54) is 12.8 Å². The highest BCUT2D eigenvalue weighted by Gasteiger charge is 2.16. The first-order valence-electron chi connectivity index (χ1n) is 3.03. The number of aliphatic hydroxyl groups excluding tert-OH is 2. The predicted octanol–water partition coefficient (Wildman–Crippen LogP) is 0.000600. The highest BCUT2D eigenvalue weighted by atomic mass is 16.3. The zero-order chi connectivity index (χ0) is 7.11. The van der Waals surface area contributed by atoms with Gasteiger partial charge in [-0.15, -0.1) is 12.3 Å². The van der Waals surface area contributed by atoms with Gasteiger partial charge in [0.25, 0.3) is 0 Å². The van der Waals surface area contributed by atoms with Crippen LogP contribution in [0.5, 0.6) is 0 Å². The van der Waals surface area contributed by atoms with E-state index < -0.39 is 0 Å². The summed E-state index contributed by atoms with van der Waals surface area (Å²) in [6.45, 7) is -0.250. The lowest BCUT2D eigenvalue weighted by molar-refractivity contribution is 0.186. The Balaban J connectivity index is 0.000000148. The molecule has 1 saturated carbocycles. The van der Waals surface area contributed by atoms with Crippen LogP contribution in [0.2, 0.25) is 0 Å². The van der Waals surface area contributed by atoms with Crippen LogP contribution < -0.4 is 0 Å². The lowest BCUT2D eigenvalue weighted by Gasteiger charge is -1.70. The fourth-order valence-electron chi connectivity index (χ4n) is 0.250. The third-order valence-corrected chi connectivity index (χ3v) is 0.913. The highest BCUT2D eigenvalue weighted by Crippen LogP contribution is 2.26. The highest BCUT2D eigenvalue weighted by molar-refractivity contribution is 5.00. The van der Waals surface area contributed by atoms with Crippen LogP contribution >= 0.6 is 0 Å². The Morgan fingerprint density at radius 2 is 1.78 bits per heavy atom. The quantitative estimate of drug-likeness (QED) is 0.488. The minimum Gasteiger partial charge on any atom is -0.394 e. The Bertz CT molecular complexity index is 87.6. The molecule has 1 fully saturated rings. The third kappa shape index (κ3) is 7.48. The first-order valence-corrected chi connectivity index (χ1v) is 3.03. The van der Waals surface area contributed by atoms with Crippen molar-refractivity contribution < 1.29 is 10.2 Å². The number of rotatable bonds is 1. The molecule has 0 heterocycles. The average molecular weight is 128 g/mol. The molecule has 1 aliphatic rings. The van der Waals surface area contributed by atoms with Gasteiger partial charge in [-0.2, -0.15) is 0 Å². The molecule has 0 saturated heterocycles. The maximum absolute atomic E-state index is 7.62. The summed E-state index contributed by atoms with van der Waals surface area (Å²) in [6.07, 6.45) is 7.53. The average Bonchev–Trinajstić information content (AvgIpc) is 2.70. The summed E-state index contributed by atoms with van der Waals surface area (Å²) in [5.41, 5.74) is 0. The summed E-state index contributed by atoms with van der Waals surface area (Å²) >= 11 is 0. The van der Waals surface area contributed by atoms with Crippen molar-refractivity contribution in [1.29, 1.82) is 0 Å². The lowest BCUT2D eigenvalue weighted by atomic mass is 10.5. The van der Waals surface area contributed by atoms with E-state index in [0.29, 0.717) is 5.92 Å². The molecule has 0 atom stereocenters. The van der Waals surface area contributed by atoms with E-state index in [1.807, 2.05) is 0 Å². The molecule has 2 nitrogen and oxygen atoms in total. The molecule has 0 radical (unpaired) electrons. The van der Waals surface area contributed by atoms with Gasteiger partial charge in [0.1, 0.15) is 0 Å². The van der Waals surface area contributed by atoms with Crippen LogP contribution in [0, 0.1) is 18.3 Å². The molecule has 2 N–H and O–H groups in total. The summed E-state index contributed by atoms with van der Waals surface area (Å²) in [5, 5.41) is 15.2. The van der Waals surface area contributed by atoms with Crippen molar-refractivity contribution in [3.63, 3.8) is 0 Å². The molecule has 1 aliphatic carbocycles. The smallest absolute Gasteiger partial charge is 0.0662 e. The van der Waals surface area contributed by atoms with Gasteiger partial charge in [-0.3, -0.25) is 0 Å². The summed E-state index contributed by atoms with van der Waals surface area (Å²) in [7, 11) is 0. The van der Waals surface area contributed by atoms with Gasteiger partial charge in [0.15, 0.2) is 0 Å². The largest absolute Gasteiger partial charge is 0.394 e. The van der Waals surface area contributed by atoms with Crippen LogP contribution in [-0.4, -0.2) is 23.4 Å². The SMILES string of the molecule is C#CC1CC1.OCCO. The first kappa shape index (κ1) is 8.48. The van der Waals surface area contributed by atoms with Crippen molar-refractivity contribution in [2.24, 2.45) is 5.92 Å². The van der Waals surface area contributed by atoms with Gasteiger partial charge in [-0.05, 0) is 12.8 Å². The second-order valence-corrected chi connectivity index (χ2v) is 1.89. The Morgan fingerprint density at radius 3 is 1.78 bits per heavy atom. The van der Waals surface area contributed by atoms with Crippen molar-refractivity contribution in [3.8, 4) is 12.3 Å². The second kappa shape index (κ2) is 5.61. The van der Waals surface area contributed by atoms with Crippen molar-refractivity contribution >= 4 is 0 Å². The van der Waals surface area contributed by atoms with Crippen molar-refractivity contribution in [2.75, 3.05) is 13.2 Å². The minimum absolute atomic E-state index is 0.125. The minimum atomic E-state index is -0.125. The molecular weight excluding hydrogens is 116 g/mol. The van der Waals surface area contributed by atoms with Gasteiger partial charge >= 0.3 is 0 Å². The maximum Gasteiger partial charge on any atom is 0.0662 e. The molecule has 0 aromatic carbocycles. The van der Waals surface area contributed by atoms with Gasteiger partial charge in [0, 0.05) is 5.92 Å². The summed E-state index contributed by atoms with van der Waals surface area (Å²) in [4.78, 5) is 0. The van der Waals surface area contributed by atoms with Gasteiger partial charge in [0.05, 0.1) is 13.2 Å². The summed E-state index contributed by atoms with van der Waals surface area (Å²) in [6, 6.07) is 0. The predicted molar refractivity (Wildman–Crippen MR) is 35.7 cm³/mol. The van der Waals surface area contributed by atoms with Crippen LogP contribution in [0.4, 0.5) is 0 Å². The standard InChI is InChI=1S/C5H6.C2H6O2/c1-2-5-3-4-5;3-1-2-4/h1,5H,3-4H2;3-4H,1-2H2. The molecule has 2 heteroatoms. The number of hydrogen-bond acceptors (Lipinski definition) is 2. The molecule has 0 unspecified atom stereocenters. The number of aliphatic hydroxyl groups is 2. The fourth-order valence-corrected chi connectivity index (χ4v) is 0.250. The summed E-state index contributed by atoms with van der Waals surface area (Å²) < 4.78 is 0. The van der Waals surface area contributed by atoms with E-state index in [4.69, 9.17) is 16.6 Å². The Labute approximate surface area is 55.5 Å².